The van der Waals surface area contributed by atoms with E-state index in [4.69, 9.17) is 19.3 Å². The molecule has 520 valence electrons. The minimum atomic E-state index is -2.07. The van der Waals surface area contributed by atoms with E-state index in [-0.39, 0.29) is 47.3 Å². The number of aliphatic hydroxyl groups excluding tert-OH is 3. The van der Waals surface area contributed by atoms with E-state index < -0.39 is 81.6 Å². The van der Waals surface area contributed by atoms with Crippen molar-refractivity contribution >= 4 is 43.7 Å². The largest absolute Gasteiger partial charge is 0.481 e. The number of hydrogen-bond acceptors (Lipinski definition) is 16. The van der Waals surface area contributed by atoms with Gasteiger partial charge in [0.15, 0.2) is 50.9 Å². The average Bonchev–Trinajstić information content (AvgIpc) is 1.51. The monoisotopic (exact) mass is 1480 g/mol. The molecule has 21 nitrogen and oxygen atoms in total. The molecule has 23 heteroatoms. The van der Waals surface area contributed by atoms with Crippen LogP contribution in [0.2, 0.25) is 0 Å². The zero-order chi connectivity index (χ0) is 71.5. The number of halogens is 2. The fourth-order valence-electron chi connectivity index (χ4n) is 16.8. The fraction of sp³-hybridized carbons (Fsp3) is 0.377. The van der Waals surface area contributed by atoms with E-state index in [0.29, 0.717) is 57.3 Å². The Balaban J connectivity index is 0.000000134. The van der Waals surface area contributed by atoms with E-state index in [2.05, 4.69) is 48.1 Å². The van der Waals surface area contributed by atoms with Gasteiger partial charge >= 0.3 is 5.97 Å². The number of aromatic nitrogens is 6. The van der Waals surface area contributed by atoms with Crippen LogP contribution >= 0.6 is 31.9 Å². The molecule has 6 heterocycles. The van der Waals surface area contributed by atoms with Gasteiger partial charge in [-0.1, -0.05) is 159 Å². The summed E-state index contributed by atoms with van der Waals surface area (Å²) in [5.41, 5.74) is -4.51. The van der Waals surface area contributed by atoms with Gasteiger partial charge < -0.3 is 59.8 Å². The Morgan fingerprint density at radius 2 is 0.820 bits per heavy atom. The molecule has 6 aromatic carbocycles. The number of rotatable bonds is 13. The number of aliphatic hydroxyl groups is 6. The third-order valence-corrected chi connectivity index (χ3v) is 22.2. The van der Waals surface area contributed by atoms with Gasteiger partial charge in [0, 0.05) is 71.4 Å². The smallest absolute Gasteiger partial charge is 0.310 e. The molecule has 9 aromatic rings. The van der Waals surface area contributed by atoms with Crippen molar-refractivity contribution in [1.29, 1.82) is 5.26 Å². The third kappa shape index (κ3) is 10.2. The molecule has 3 saturated carbocycles. The molecule has 0 bridgehead atoms. The highest BCUT2D eigenvalue weighted by atomic mass is 79.9. The minimum absolute atomic E-state index is 0.00591. The molecule has 3 aliphatic carbocycles. The van der Waals surface area contributed by atoms with Crippen molar-refractivity contribution in [3.8, 4) is 23.3 Å². The van der Waals surface area contributed by atoms with Gasteiger partial charge in [-0.3, -0.25) is 23.6 Å². The van der Waals surface area contributed by atoms with Crippen LogP contribution in [0.1, 0.15) is 133 Å². The lowest BCUT2D eigenvalue weighted by Crippen LogP contribution is -2.52. The second kappa shape index (κ2) is 25.8. The normalized spacial score (nSPS) is 30.0. The van der Waals surface area contributed by atoms with Crippen LogP contribution < -0.4 is 14.2 Å². The maximum atomic E-state index is 13.5. The SMILES string of the molecule is CC(C)n1cc2c(n1)[C@]1(O)[C@H](O)[C@H](C(=O)N(C)C)[C@@H](c3ccccc3)[C@]1(c1ccc(Br)cc1)O2.CC(C)n1cc2c(n1)[C@]1(O)[C@H](O)[C@H](C(=O)O)[C@@H](c3ccccc3)[C@]1(c1ccc(Br)cc1)O2.CC(C)n1cc2c(n1)[C@]1(O)[C@H](O)[C@H](CN(C)C)[C@@H](c3ccccc3)[C@]1(c1ccc(C#N)cc1)O2. The van der Waals surface area contributed by atoms with Crippen LogP contribution in [0.15, 0.2) is 191 Å². The molecule has 0 radical (unpaired) electrons. The highest BCUT2D eigenvalue weighted by Crippen LogP contribution is 2.71. The first-order valence-electron chi connectivity index (χ1n) is 33.4. The van der Waals surface area contributed by atoms with Gasteiger partial charge in [-0.05, 0) is 125 Å². The Morgan fingerprint density at radius 1 is 0.500 bits per heavy atom. The van der Waals surface area contributed by atoms with Crippen LogP contribution in [0.25, 0.3) is 0 Å². The summed E-state index contributed by atoms with van der Waals surface area (Å²) in [6.07, 6.45) is 1.03. The summed E-state index contributed by atoms with van der Waals surface area (Å²) in [6, 6.07) is 52.5. The maximum Gasteiger partial charge on any atom is 0.310 e. The number of benzene rings is 6. The Kier molecular flexibility index (Phi) is 18.1. The van der Waals surface area contributed by atoms with Gasteiger partial charge in [-0.15, -0.1) is 0 Å². The Labute approximate surface area is 596 Å². The van der Waals surface area contributed by atoms with Gasteiger partial charge in [-0.25, -0.2) is 0 Å². The zero-order valence-electron chi connectivity index (χ0n) is 56.9. The molecule has 15 rings (SSSR count). The highest BCUT2D eigenvalue weighted by Gasteiger charge is 2.81. The molecular formula is C77H81Br2N9O12. The van der Waals surface area contributed by atoms with Crippen LogP contribution in [-0.4, -0.2) is 140 Å². The number of ether oxygens (including phenoxy) is 3. The summed E-state index contributed by atoms with van der Waals surface area (Å²) in [6.45, 7) is 12.4. The van der Waals surface area contributed by atoms with Gasteiger partial charge in [0.1, 0.15) is 29.3 Å². The predicted octanol–water partition coefficient (Wildman–Crippen LogP) is 10.3. The molecule has 100 heavy (non-hydrogen) atoms. The van der Waals surface area contributed by atoms with Crippen LogP contribution in [0, 0.1) is 29.1 Å². The molecule has 6 aliphatic rings. The number of carboxylic acid groups (broad SMARTS) is 1. The topological polar surface area (TPSA) is 287 Å². The summed E-state index contributed by atoms with van der Waals surface area (Å²) in [5, 5.41) is 106. The average molecular weight is 1480 g/mol. The number of fused-ring (bicyclic) bond motifs is 9. The molecular weight excluding hydrogens is 1400 g/mol. The van der Waals surface area contributed by atoms with Crippen LogP contribution in [0.4, 0.5) is 0 Å². The van der Waals surface area contributed by atoms with Crippen LogP contribution in [0.5, 0.6) is 17.2 Å². The van der Waals surface area contributed by atoms with Crippen LogP contribution in [-0.2, 0) is 43.2 Å². The lowest BCUT2D eigenvalue weighted by Gasteiger charge is -2.40. The quantitative estimate of drug-likeness (QED) is 0.0565. The van der Waals surface area contributed by atoms with Crippen molar-refractivity contribution in [2.45, 2.75) is 129 Å². The number of carbonyl (C=O) groups is 2. The molecule has 3 aliphatic heterocycles. The van der Waals surface area contributed by atoms with E-state index in [1.54, 1.807) is 107 Å². The molecule has 7 N–H and O–H groups in total. The fourth-order valence-corrected chi connectivity index (χ4v) is 17.3. The first-order valence-corrected chi connectivity index (χ1v) is 35.0. The molecule has 3 fully saturated rings. The lowest BCUT2D eigenvalue weighted by molar-refractivity contribution is -0.161. The van der Waals surface area contributed by atoms with Crippen molar-refractivity contribution in [3.63, 3.8) is 0 Å². The molecule has 1 amide bonds. The molecule has 0 saturated heterocycles. The van der Waals surface area contributed by atoms with E-state index in [1.165, 1.54) is 4.90 Å². The van der Waals surface area contributed by atoms with Gasteiger partial charge in [0.2, 0.25) is 5.91 Å². The second-order valence-corrected chi connectivity index (χ2v) is 30.1. The van der Waals surface area contributed by atoms with Gasteiger partial charge in [0.25, 0.3) is 0 Å². The maximum absolute atomic E-state index is 13.5. The number of carboxylic acids is 1. The van der Waals surface area contributed by atoms with Gasteiger partial charge in [0.05, 0.1) is 48.2 Å². The summed E-state index contributed by atoms with van der Waals surface area (Å²) in [4.78, 5) is 29.5. The summed E-state index contributed by atoms with van der Waals surface area (Å²) >= 11 is 6.91. The molecule has 3 aromatic heterocycles. The number of nitriles is 1. The van der Waals surface area contributed by atoms with Crippen molar-refractivity contribution in [2.24, 2.45) is 17.8 Å². The number of amides is 1. The standard InChI is InChI=1S/C27H30N4O3.C26H28BrN3O4.C24H23BrN2O5/c1-17(2)31-16-22-24(29-31)26(33)25(32)21(15-30(3)4)23(19-8-6-5-7-9-19)27(26,34-22)20-12-10-18(14-28)11-13-20;1-15(2)30-14-19-22(28-30)25(33)23(31)20(24(32)29(3)4)21(16-8-6-5-7-9-16)26(25,34-19)17-10-12-18(27)13-11-17;1-13(2)27-12-17-20(26-27)23(31)21(28)18(22(29)30)19(14-6-4-3-5-7-14)24(23,32-17)15-8-10-16(25)11-9-15/h5-13,16-17,21,23,25,32-33H,15H2,1-4H3;5-15,20-21,23,31,33H,1-4H3;3-13,18-19,21,28,31H,1-2H3,(H,29,30)/t21-,23-,25-,26+,27+;20-,21-,23-,25+,26+;18-,19-,21-,23+,24+/m111/s1. The molecule has 0 unspecified atom stereocenters. The van der Waals surface area contributed by atoms with Crippen molar-refractivity contribution in [2.75, 3.05) is 34.7 Å². The number of nitrogens with zero attached hydrogens (tertiary/aromatic N) is 9. The van der Waals surface area contributed by atoms with E-state index in [1.807, 2.05) is 164 Å². The van der Waals surface area contributed by atoms with Crippen LogP contribution in [0.3, 0.4) is 0 Å². The Hall–Kier alpha value is -8.54. The minimum Gasteiger partial charge on any atom is -0.481 e. The van der Waals surface area contributed by atoms with E-state index in [0.717, 1.165) is 20.1 Å². The predicted molar refractivity (Wildman–Crippen MR) is 377 cm³/mol. The second-order valence-electron chi connectivity index (χ2n) is 28.3. The first-order chi connectivity index (χ1) is 47.6. The summed E-state index contributed by atoms with van der Waals surface area (Å²) < 4.78 is 26.8. The number of carbonyl (C=O) groups excluding carboxylic acids is 1. The lowest BCUT2D eigenvalue weighted by atomic mass is 9.71. The van der Waals surface area contributed by atoms with E-state index in [9.17, 15) is 50.6 Å². The first kappa shape index (κ1) is 69.9. The summed E-state index contributed by atoms with van der Waals surface area (Å²) in [5.74, 6) is -4.79. The highest BCUT2D eigenvalue weighted by molar-refractivity contribution is 9.10. The van der Waals surface area contributed by atoms with Gasteiger partial charge in [-0.2, -0.15) is 20.6 Å². The van der Waals surface area contributed by atoms with E-state index >= 15 is 0 Å². The summed E-state index contributed by atoms with van der Waals surface area (Å²) in [7, 11) is 7.23. The zero-order valence-corrected chi connectivity index (χ0v) is 60.1. The van der Waals surface area contributed by atoms with Crippen molar-refractivity contribution in [3.05, 3.63) is 247 Å². The Bertz CT molecular complexity index is 4550. The molecule has 0 spiro atoms. The number of aliphatic carboxylic acids is 1. The molecule has 15 atom stereocenters. The number of hydrogen-bond donors (Lipinski definition) is 7. The van der Waals surface area contributed by atoms with Crippen molar-refractivity contribution in [1.82, 2.24) is 39.1 Å². The third-order valence-electron chi connectivity index (χ3n) is 21.2. The van der Waals surface area contributed by atoms with Crippen molar-refractivity contribution < 1.29 is 59.5 Å². The Morgan fingerprint density at radius 3 is 1.15 bits per heavy atom.